The number of hydrogen-bond acceptors (Lipinski definition) is 3. The Balaban J connectivity index is 1.76. The minimum absolute atomic E-state index is 0.00208. The van der Waals surface area contributed by atoms with E-state index in [1.165, 1.54) is 30.2 Å². The van der Waals surface area contributed by atoms with Crippen LogP contribution in [0.2, 0.25) is 0 Å². The summed E-state index contributed by atoms with van der Waals surface area (Å²) in [5.74, 6) is 0.307. The van der Waals surface area contributed by atoms with Gasteiger partial charge < -0.3 is 10.2 Å². The highest BCUT2D eigenvalue weighted by molar-refractivity contribution is 8.00. The number of nitrogens with one attached hydrogen (secondary N) is 1. The molecule has 166 valence electrons. The van der Waals surface area contributed by atoms with Gasteiger partial charge in [0, 0.05) is 17.5 Å². The van der Waals surface area contributed by atoms with Crippen LogP contribution in [0.15, 0.2) is 53.4 Å². The molecule has 0 aliphatic heterocycles. The second-order valence-electron chi connectivity index (χ2n) is 8.46. The zero-order chi connectivity index (χ0) is 22.2. The summed E-state index contributed by atoms with van der Waals surface area (Å²) in [5, 5.41) is 3.21. The Morgan fingerprint density at radius 3 is 2.39 bits per heavy atom. The number of aryl methyl sites for hydroxylation is 2. The SMILES string of the molecule is CC[C@H](C(=O)NC1CCCC1)N(Cc1ccccc1C)C(=O)CSc1ccc(C)cc1. The van der Waals surface area contributed by atoms with E-state index in [0.29, 0.717) is 18.7 Å². The maximum atomic E-state index is 13.4. The van der Waals surface area contributed by atoms with Gasteiger partial charge in [0.2, 0.25) is 11.8 Å². The van der Waals surface area contributed by atoms with E-state index in [-0.39, 0.29) is 17.9 Å². The van der Waals surface area contributed by atoms with Gasteiger partial charge in [-0.05, 0) is 56.4 Å². The second kappa shape index (κ2) is 11.4. The molecule has 4 nitrogen and oxygen atoms in total. The number of carbonyl (C=O) groups is 2. The van der Waals surface area contributed by atoms with Crippen LogP contribution in [-0.4, -0.2) is 34.6 Å². The summed E-state index contributed by atoms with van der Waals surface area (Å²) in [6, 6.07) is 16.1. The minimum atomic E-state index is -0.452. The van der Waals surface area contributed by atoms with E-state index in [2.05, 4.69) is 37.4 Å². The molecule has 1 saturated carbocycles. The molecular formula is C26H34N2O2S. The van der Waals surface area contributed by atoms with Crippen molar-refractivity contribution in [2.45, 2.75) is 76.4 Å². The molecule has 2 aromatic rings. The van der Waals surface area contributed by atoms with Gasteiger partial charge in [-0.3, -0.25) is 9.59 Å². The molecule has 0 spiro atoms. The maximum absolute atomic E-state index is 13.4. The van der Waals surface area contributed by atoms with Crippen LogP contribution in [0.4, 0.5) is 0 Å². The van der Waals surface area contributed by atoms with Gasteiger partial charge in [0.1, 0.15) is 6.04 Å². The second-order valence-corrected chi connectivity index (χ2v) is 9.51. The van der Waals surface area contributed by atoms with Crippen LogP contribution in [0.25, 0.3) is 0 Å². The highest BCUT2D eigenvalue weighted by Gasteiger charge is 2.30. The minimum Gasteiger partial charge on any atom is -0.352 e. The topological polar surface area (TPSA) is 49.4 Å². The summed E-state index contributed by atoms with van der Waals surface area (Å²) in [6.07, 6.45) is 5.02. The Labute approximate surface area is 190 Å². The standard InChI is InChI=1S/C26H34N2O2S/c1-4-24(26(30)27-22-11-7-8-12-22)28(17-21-10-6-5-9-20(21)3)25(29)18-31-23-15-13-19(2)14-16-23/h5-6,9-10,13-16,22,24H,4,7-8,11-12,17-18H2,1-3H3,(H,27,30)/t24-/m1/s1. The number of amides is 2. The molecule has 5 heteroatoms. The van der Waals surface area contributed by atoms with Crippen LogP contribution in [0.3, 0.4) is 0 Å². The zero-order valence-corrected chi connectivity index (χ0v) is 19.7. The third-order valence-electron chi connectivity index (χ3n) is 6.07. The average Bonchev–Trinajstić information content (AvgIpc) is 3.27. The molecule has 0 bridgehead atoms. The molecule has 0 saturated heterocycles. The number of carbonyl (C=O) groups excluding carboxylic acids is 2. The molecule has 1 fully saturated rings. The van der Waals surface area contributed by atoms with Crippen molar-refractivity contribution in [1.29, 1.82) is 0 Å². The van der Waals surface area contributed by atoms with Crippen molar-refractivity contribution < 1.29 is 9.59 Å². The number of nitrogens with zero attached hydrogens (tertiary/aromatic N) is 1. The monoisotopic (exact) mass is 438 g/mol. The molecule has 0 radical (unpaired) electrons. The summed E-state index contributed by atoms with van der Waals surface area (Å²) in [5.41, 5.74) is 3.42. The number of thioether (sulfide) groups is 1. The number of benzene rings is 2. The fraction of sp³-hybridized carbons (Fsp3) is 0.462. The molecule has 2 aromatic carbocycles. The lowest BCUT2D eigenvalue weighted by Crippen LogP contribution is -2.51. The molecule has 1 atom stereocenters. The van der Waals surface area contributed by atoms with Gasteiger partial charge in [0.15, 0.2) is 0 Å². The molecule has 1 aliphatic rings. The van der Waals surface area contributed by atoms with Gasteiger partial charge in [-0.2, -0.15) is 0 Å². The predicted molar refractivity (Wildman–Crippen MR) is 128 cm³/mol. The van der Waals surface area contributed by atoms with Crippen LogP contribution in [0, 0.1) is 13.8 Å². The molecule has 2 amide bonds. The highest BCUT2D eigenvalue weighted by atomic mass is 32.2. The Bertz CT molecular complexity index is 875. The molecular weight excluding hydrogens is 404 g/mol. The van der Waals surface area contributed by atoms with Crippen LogP contribution in [-0.2, 0) is 16.1 Å². The molecule has 1 aliphatic carbocycles. The van der Waals surface area contributed by atoms with Gasteiger partial charge in [0.05, 0.1) is 5.75 Å². The van der Waals surface area contributed by atoms with E-state index in [4.69, 9.17) is 0 Å². The summed E-state index contributed by atoms with van der Waals surface area (Å²) in [6.45, 7) is 6.55. The van der Waals surface area contributed by atoms with Crippen LogP contribution < -0.4 is 5.32 Å². The highest BCUT2D eigenvalue weighted by Crippen LogP contribution is 2.23. The lowest BCUT2D eigenvalue weighted by Gasteiger charge is -2.32. The van der Waals surface area contributed by atoms with Crippen molar-refractivity contribution in [2.24, 2.45) is 0 Å². The molecule has 0 heterocycles. The lowest BCUT2D eigenvalue weighted by atomic mass is 10.1. The fourth-order valence-electron chi connectivity index (χ4n) is 4.12. The van der Waals surface area contributed by atoms with E-state index in [1.807, 2.05) is 37.3 Å². The van der Waals surface area contributed by atoms with Crippen LogP contribution in [0.5, 0.6) is 0 Å². The van der Waals surface area contributed by atoms with E-state index in [0.717, 1.165) is 28.9 Å². The average molecular weight is 439 g/mol. The van der Waals surface area contributed by atoms with E-state index in [1.54, 1.807) is 4.90 Å². The summed E-state index contributed by atoms with van der Waals surface area (Å²) >= 11 is 1.53. The van der Waals surface area contributed by atoms with Crippen molar-refractivity contribution >= 4 is 23.6 Å². The largest absolute Gasteiger partial charge is 0.352 e. The molecule has 0 aromatic heterocycles. The third-order valence-corrected chi connectivity index (χ3v) is 7.07. The number of rotatable bonds is 9. The van der Waals surface area contributed by atoms with Crippen molar-refractivity contribution in [3.05, 3.63) is 65.2 Å². The van der Waals surface area contributed by atoms with E-state index < -0.39 is 6.04 Å². The van der Waals surface area contributed by atoms with Gasteiger partial charge in [-0.1, -0.05) is 61.7 Å². The first-order valence-electron chi connectivity index (χ1n) is 11.3. The lowest BCUT2D eigenvalue weighted by molar-refractivity contribution is -0.139. The quantitative estimate of drug-likeness (QED) is 0.543. The maximum Gasteiger partial charge on any atom is 0.243 e. The van der Waals surface area contributed by atoms with E-state index in [9.17, 15) is 9.59 Å². The number of hydrogen-bond donors (Lipinski definition) is 1. The molecule has 1 N–H and O–H groups in total. The van der Waals surface area contributed by atoms with Crippen molar-refractivity contribution in [3.63, 3.8) is 0 Å². The first-order valence-corrected chi connectivity index (χ1v) is 12.3. The summed E-state index contributed by atoms with van der Waals surface area (Å²) < 4.78 is 0. The van der Waals surface area contributed by atoms with Gasteiger partial charge in [-0.25, -0.2) is 0 Å². The first-order chi connectivity index (χ1) is 15.0. The zero-order valence-electron chi connectivity index (χ0n) is 18.9. The smallest absolute Gasteiger partial charge is 0.243 e. The van der Waals surface area contributed by atoms with Crippen molar-refractivity contribution in [1.82, 2.24) is 10.2 Å². The predicted octanol–water partition coefficient (Wildman–Crippen LogP) is 5.26. The Morgan fingerprint density at radius 2 is 1.74 bits per heavy atom. The Hall–Kier alpha value is -2.27. The van der Waals surface area contributed by atoms with Crippen LogP contribution >= 0.6 is 11.8 Å². The van der Waals surface area contributed by atoms with Crippen molar-refractivity contribution in [2.75, 3.05) is 5.75 Å². The fourth-order valence-corrected chi connectivity index (χ4v) is 4.91. The first kappa shape index (κ1) is 23.4. The van der Waals surface area contributed by atoms with Crippen LogP contribution in [0.1, 0.15) is 55.7 Å². The molecule has 31 heavy (non-hydrogen) atoms. The van der Waals surface area contributed by atoms with Crippen molar-refractivity contribution in [3.8, 4) is 0 Å². The summed E-state index contributed by atoms with van der Waals surface area (Å²) in [7, 11) is 0. The van der Waals surface area contributed by atoms with Gasteiger partial charge in [-0.15, -0.1) is 11.8 Å². The summed E-state index contributed by atoms with van der Waals surface area (Å²) in [4.78, 5) is 29.4. The van der Waals surface area contributed by atoms with E-state index >= 15 is 0 Å². The molecule has 0 unspecified atom stereocenters. The normalized spacial score (nSPS) is 14.9. The Kier molecular flexibility index (Phi) is 8.59. The Morgan fingerprint density at radius 1 is 1.06 bits per heavy atom. The van der Waals surface area contributed by atoms with Gasteiger partial charge >= 0.3 is 0 Å². The molecule has 3 rings (SSSR count). The third kappa shape index (κ3) is 6.60. The van der Waals surface area contributed by atoms with Gasteiger partial charge in [0.25, 0.3) is 0 Å².